The maximum Gasteiger partial charge on any atom is 0.229 e. The molecular weight excluding hydrogens is 92.1 g/mol. The van der Waals surface area contributed by atoms with Crippen LogP contribution < -0.4 is 0 Å². The van der Waals surface area contributed by atoms with Gasteiger partial charge in [0, 0.05) is 13.3 Å². The van der Waals surface area contributed by atoms with Gasteiger partial charge in [0.15, 0.2) is 0 Å². The molecule has 0 unspecified atom stereocenters. The van der Waals surface area contributed by atoms with Crippen molar-refractivity contribution in [2.75, 3.05) is 7.05 Å². The first kappa shape index (κ1) is 6.14. The highest BCUT2D eigenvalue weighted by atomic mass is 16.1. The minimum absolute atomic E-state index is 0.639. The predicted octanol–water partition coefficient (Wildman–Crippen LogP) is 0.0803. The van der Waals surface area contributed by atoms with Gasteiger partial charge in [0.2, 0.25) is 6.41 Å². The number of carbonyl (C=O) groups excluding carboxylic acids is 1. The molecule has 0 atom stereocenters. The van der Waals surface area contributed by atoms with E-state index in [4.69, 9.17) is 0 Å². The Balaban J connectivity index is 3.35. The van der Waals surface area contributed by atoms with Gasteiger partial charge in [-0.15, -0.1) is 0 Å². The molecule has 0 radical (unpaired) electrons. The number of rotatable bonds is 2. The van der Waals surface area contributed by atoms with Gasteiger partial charge in [-0.25, -0.2) is 5.01 Å². The third kappa shape index (κ3) is 2.96. The summed E-state index contributed by atoms with van der Waals surface area (Å²) in [6.07, 6.45) is 2.19. The fraction of sp³-hybridized carbons (Fsp3) is 0.500. The molecule has 0 heterocycles. The minimum Gasteiger partial charge on any atom is -0.277 e. The average Bonchev–Trinajstić information content (AvgIpc) is 1.68. The summed E-state index contributed by atoms with van der Waals surface area (Å²) < 4.78 is 0. The van der Waals surface area contributed by atoms with Crippen LogP contribution in [0.1, 0.15) is 6.92 Å². The van der Waals surface area contributed by atoms with Crippen molar-refractivity contribution in [2.24, 2.45) is 5.10 Å². The Morgan fingerprint density at radius 1 is 1.71 bits per heavy atom. The lowest BCUT2D eigenvalue weighted by molar-refractivity contribution is -0.116. The molecule has 0 aromatic heterocycles. The number of amides is 1. The second-order valence-corrected chi connectivity index (χ2v) is 1.05. The minimum atomic E-state index is 0.639. The molecule has 0 bridgehead atoms. The molecule has 3 nitrogen and oxygen atoms in total. The van der Waals surface area contributed by atoms with Gasteiger partial charge in [0.25, 0.3) is 0 Å². The molecule has 0 aromatic carbocycles. The van der Waals surface area contributed by atoms with Crippen molar-refractivity contribution in [3.8, 4) is 0 Å². The van der Waals surface area contributed by atoms with Gasteiger partial charge in [-0.2, -0.15) is 5.10 Å². The molecular formula is C4H8N2O. The summed E-state index contributed by atoms with van der Waals surface area (Å²) >= 11 is 0. The Labute approximate surface area is 42.6 Å². The second kappa shape index (κ2) is 3.33. The standard InChI is InChI=1S/C4H8N2O/c1-3-5-6(2)4-7/h3-4H,1-2H3/b5-3-. The molecule has 0 saturated heterocycles. The highest BCUT2D eigenvalue weighted by Gasteiger charge is 1.77. The summed E-state index contributed by atoms with van der Waals surface area (Å²) in [6.45, 7) is 1.75. The first-order valence-corrected chi connectivity index (χ1v) is 1.98. The second-order valence-electron chi connectivity index (χ2n) is 1.05. The van der Waals surface area contributed by atoms with E-state index in [1.807, 2.05) is 0 Å². The SMILES string of the molecule is C/C=N\N(C)C=O. The molecule has 0 aromatic rings. The van der Waals surface area contributed by atoms with E-state index in [2.05, 4.69) is 5.10 Å². The summed E-state index contributed by atoms with van der Waals surface area (Å²) in [5.74, 6) is 0. The first-order chi connectivity index (χ1) is 3.31. The molecule has 0 aliphatic rings. The summed E-state index contributed by atoms with van der Waals surface area (Å²) in [5.41, 5.74) is 0. The number of nitrogens with zero attached hydrogens (tertiary/aromatic N) is 2. The van der Waals surface area contributed by atoms with Crippen molar-refractivity contribution in [3.63, 3.8) is 0 Å². The quantitative estimate of drug-likeness (QED) is 0.275. The maximum atomic E-state index is 9.71. The molecule has 7 heavy (non-hydrogen) atoms. The molecule has 0 N–H and O–H groups in total. The number of hydrogen-bond donors (Lipinski definition) is 0. The van der Waals surface area contributed by atoms with Gasteiger partial charge in [-0.1, -0.05) is 0 Å². The van der Waals surface area contributed by atoms with E-state index in [9.17, 15) is 4.79 Å². The van der Waals surface area contributed by atoms with Crippen LogP contribution in [-0.2, 0) is 4.79 Å². The van der Waals surface area contributed by atoms with Gasteiger partial charge in [-0.05, 0) is 6.92 Å². The Bertz CT molecular complexity index is 79.8. The van der Waals surface area contributed by atoms with Crippen molar-refractivity contribution in [1.29, 1.82) is 0 Å². The van der Waals surface area contributed by atoms with Crippen LogP contribution in [0.2, 0.25) is 0 Å². The smallest absolute Gasteiger partial charge is 0.229 e. The van der Waals surface area contributed by atoms with Gasteiger partial charge in [-0.3, -0.25) is 4.79 Å². The van der Waals surface area contributed by atoms with E-state index < -0.39 is 0 Å². The van der Waals surface area contributed by atoms with Crippen LogP contribution in [0.25, 0.3) is 0 Å². The molecule has 40 valence electrons. The maximum absolute atomic E-state index is 9.71. The lowest BCUT2D eigenvalue weighted by atomic mass is 10.9. The average molecular weight is 100 g/mol. The van der Waals surface area contributed by atoms with E-state index in [0.717, 1.165) is 0 Å². The molecule has 0 fully saturated rings. The van der Waals surface area contributed by atoms with Crippen LogP contribution in [-0.4, -0.2) is 24.7 Å². The number of hydrazone groups is 1. The molecule has 0 rings (SSSR count). The van der Waals surface area contributed by atoms with Crippen molar-refractivity contribution in [1.82, 2.24) is 5.01 Å². The van der Waals surface area contributed by atoms with Crippen molar-refractivity contribution < 1.29 is 4.79 Å². The number of carbonyl (C=O) groups is 1. The first-order valence-electron chi connectivity index (χ1n) is 1.98. The fourth-order valence-electron chi connectivity index (χ4n) is 0.209. The summed E-state index contributed by atoms with van der Waals surface area (Å²) in [7, 11) is 1.58. The molecule has 0 aliphatic carbocycles. The van der Waals surface area contributed by atoms with E-state index in [-0.39, 0.29) is 0 Å². The van der Waals surface area contributed by atoms with E-state index in [1.54, 1.807) is 20.2 Å². The summed E-state index contributed by atoms with van der Waals surface area (Å²) in [4.78, 5) is 9.71. The van der Waals surface area contributed by atoms with Crippen LogP contribution in [0, 0.1) is 0 Å². The van der Waals surface area contributed by atoms with Crippen LogP contribution in [0.3, 0.4) is 0 Å². The van der Waals surface area contributed by atoms with Gasteiger partial charge < -0.3 is 0 Å². The lowest BCUT2D eigenvalue weighted by Crippen LogP contribution is -2.05. The molecule has 0 spiro atoms. The molecule has 0 saturated carbocycles. The zero-order valence-corrected chi connectivity index (χ0v) is 4.46. The highest BCUT2D eigenvalue weighted by molar-refractivity contribution is 5.56. The van der Waals surface area contributed by atoms with Crippen LogP contribution in [0.15, 0.2) is 5.10 Å². The predicted molar refractivity (Wildman–Crippen MR) is 28.0 cm³/mol. The van der Waals surface area contributed by atoms with E-state index in [1.165, 1.54) is 5.01 Å². The fourth-order valence-corrected chi connectivity index (χ4v) is 0.209. The number of hydrogen-bond acceptors (Lipinski definition) is 2. The molecule has 0 aliphatic heterocycles. The Morgan fingerprint density at radius 3 is 2.43 bits per heavy atom. The third-order valence-corrected chi connectivity index (χ3v) is 0.450. The Hall–Kier alpha value is -0.860. The van der Waals surface area contributed by atoms with Crippen LogP contribution >= 0.6 is 0 Å². The van der Waals surface area contributed by atoms with Crippen molar-refractivity contribution in [3.05, 3.63) is 0 Å². The van der Waals surface area contributed by atoms with E-state index >= 15 is 0 Å². The lowest BCUT2D eigenvalue weighted by Gasteiger charge is -1.96. The normalized spacial score (nSPS) is 9.43. The van der Waals surface area contributed by atoms with Gasteiger partial charge >= 0.3 is 0 Å². The van der Waals surface area contributed by atoms with Crippen LogP contribution in [0.4, 0.5) is 0 Å². The van der Waals surface area contributed by atoms with Crippen molar-refractivity contribution >= 4 is 12.6 Å². The highest BCUT2D eigenvalue weighted by Crippen LogP contribution is 1.69. The molecule has 3 heteroatoms. The van der Waals surface area contributed by atoms with E-state index in [0.29, 0.717) is 6.41 Å². The van der Waals surface area contributed by atoms with Crippen LogP contribution in [0.5, 0.6) is 0 Å². The summed E-state index contributed by atoms with van der Waals surface area (Å²) in [6, 6.07) is 0. The topological polar surface area (TPSA) is 32.7 Å². The molecule has 1 amide bonds. The Kier molecular flexibility index (Phi) is 2.92. The largest absolute Gasteiger partial charge is 0.277 e. The zero-order valence-electron chi connectivity index (χ0n) is 4.46. The zero-order chi connectivity index (χ0) is 5.70. The third-order valence-electron chi connectivity index (χ3n) is 0.450. The Morgan fingerprint density at radius 2 is 2.29 bits per heavy atom. The van der Waals surface area contributed by atoms with Crippen molar-refractivity contribution in [2.45, 2.75) is 6.92 Å². The monoisotopic (exact) mass is 100 g/mol. The van der Waals surface area contributed by atoms with Gasteiger partial charge in [0.05, 0.1) is 0 Å². The summed E-state index contributed by atoms with van der Waals surface area (Å²) in [5, 5.41) is 4.78. The van der Waals surface area contributed by atoms with Gasteiger partial charge in [0.1, 0.15) is 0 Å².